The van der Waals surface area contributed by atoms with Gasteiger partial charge in [-0.2, -0.15) is 0 Å². The Hall–Kier alpha value is -2.80. The van der Waals surface area contributed by atoms with Crippen LogP contribution in [0.5, 0.6) is 0 Å². The molecule has 0 spiro atoms. The number of urea groups is 1. The van der Waals surface area contributed by atoms with Gasteiger partial charge in [-0.25, -0.2) is 4.79 Å². The van der Waals surface area contributed by atoms with Gasteiger partial charge in [-0.3, -0.25) is 9.69 Å². The summed E-state index contributed by atoms with van der Waals surface area (Å²) in [4.78, 5) is 30.9. The standard InChI is InChI=1S/C23H30N4O3/c1-18-7-8-21(30-18)22(28)26-13-15-27(16-14-26)23(29)24-10-4-11-25-12-9-19-5-2-3-6-20(19)17-25/h2-3,5-8H,4,9-17H2,1H3,(H,24,29). The van der Waals surface area contributed by atoms with Crippen LogP contribution in [0, 0.1) is 6.92 Å². The van der Waals surface area contributed by atoms with Gasteiger partial charge in [0, 0.05) is 52.4 Å². The highest BCUT2D eigenvalue weighted by molar-refractivity contribution is 5.91. The molecule has 3 amide bonds. The molecule has 1 N–H and O–H groups in total. The van der Waals surface area contributed by atoms with E-state index in [1.54, 1.807) is 21.9 Å². The highest BCUT2D eigenvalue weighted by Gasteiger charge is 2.26. The van der Waals surface area contributed by atoms with Gasteiger partial charge < -0.3 is 19.5 Å². The highest BCUT2D eigenvalue weighted by atomic mass is 16.3. The van der Waals surface area contributed by atoms with Crippen LogP contribution in [0.4, 0.5) is 4.79 Å². The van der Waals surface area contributed by atoms with E-state index in [0.29, 0.717) is 38.5 Å². The van der Waals surface area contributed by atoms with Crippen molar-refractivity contribution < 1.29 is 14.0 Å². The molecule has 0 saturated carbocycles. The molecule has 2 aliphatic heterocycles. The second-order valence-electron chi connectivity index (χ2n) is 8.07. The first-order chi connectivity index (χ1) is 14.6. The Bertz CT molecular complexity index is 886. The molecule has 1 aromatic heterocycles. The number of piperazine rings is 1. The molecule has 30 heavy (non-hydrogen) atoms. The summed E-state index contributed by atoms with van der Waals surface area (Å²) in [7, 11) is 0. The number of amides is 3. The van der Waals surface area contributed by atoms with E-state index < -0.39 is 0 Å². The third-order valence-electron chi connectivity index (χ3n) is 5.94. The van der Waals surface area contributed by atoms with Crippen LogP contribution in [-0.2, 0) is 13.0 Å². The summed E-state index contributed by atoms with van der Waals surface area (Å²) in [6, 6.07) is 12.1. The van der Waals surface area contributed by atoms with Gasteiger partial charge in [0.25, 0.3) is 5.91 Å². The van der Waals surface area contributed by atoms with E-state index in [0.717, 1.165) is 38.2 Å². The van der Waals surface area contributed by atoms with Crippen LogP contribution in [0.25, 0.3) is 0 Å². The number of nitrogens with one attached hydrogen (secondary N) is 1. The molecule has 4 rings (SSSR count). The number of rotatable bonds is 5. The van der Waals surface area contributed by atoms with Gasteiger partial charge in [-0.15, -0.1) is 0 Å². The largest absolute Gasteiger partial charge is 0.456 e. The van der Waals surface area contributed by atoms with E-state index in [1.165, 1.54) is 11.1 Å². The van der Waals surface area contributed by atoms with Gasteiger partial charge in [-0.1, -0.05) is 24.3 Å². The van der Waals surface area contributed by atoms with Crippen LogP contribution in [0.3, 0.4) is 0 Å². The number of fused-ring (bicyclic) bond motifs is 1. The predicted octanol–water partition coefficient (Wildman–Crippen LogP) is 2.50. The number of benzene rings is 1. The fraction of sp³-hybridized carbons (Fsp3) is 0.478. The lowest BCUT2D eigenvalue weighted by Crippen LogP contribution is -2.53. The number of carbonyl (C=O) groups is 2. The first-order valence-corrected chi connectivity index (χ1v) is 10.8. The Morgan fingerprint density at radius 2 is 1.70 bits per heavy atom. The monoisotopic (exact) mass is 410 g/mol. The maximum absolute atomic E-state index is 12.4. The minimum atomic E-state index is -0.105. The van der Waals surface area contributed by atoms with Crippen LogP contribution in [0.15, 0.2) is 40.8 Å². The number of aryl methyl sites for hydroxylation is 1. The SMILES string of the molecule is Cc1ccc(C(=O)N2CCN(C(=O)NCCCN3CCc4ccccc4C3)CC2)o1. The molecule has 7 heteroatoms. The summed E-state index contributed by atoms with van der Waals surface area (Å²) in [5.41, 5.74) is 2.88. The Balaban J connectivity index is 1.14. The summed E-state index contributed by atoms with van der Waals surface area (Å²) in [6.07, 6.45) is 2.04. The van der Waals surface area contributed by atoms with Crippen molar-refractivity contribution in [1.29, 1.82) is 0 Å². The molecule has 7 nitrogen and oxygen atoms in total. The van der Waals surface area contributed by atoms with Crippen LogP contribution in [0.1, 0.15) is 33.9 Å². The van der Waals surface area contributed by atoms with Crippen LogP contribution >= 0.6 is 0 Å². The van der Waals surface area contributed by atoms with Crippen molar-refractivity contribution in [1.82, 2.24) is 20.0 Å². The zero-order chi connectivity index (χ0) is 20.9. The fourth-order valence-corrected chi connectivity index (χ4v) is 4.17. The molecule has 0 unspecified atom stereocenters. The molecule has 2 aromatic rings. The second kappa shape index (κ2) is 9.34. The van der Waals surface area contributed by atoms with Gasteiger partial charge in [0.05, 0.1) is 0 Å². The van der Waals surface area contributed by atoms with Gasteiger partial charge in [-0.05, 0) is 43.0 Å². The maximum atomic E-state index is 12.4. The minimum Gasteiger partial charge on any atom is -0.456 e. The number of carbonyl (C=O) groups excluding carboxylic acids is 2. The lowest BCUT2D eigenvalue weighted by Gasteiger charge is -2.34. The van der Waals surface area contributed by atoms with Crippen LogP contribution in [-0.4, -0.2) is 72.5 Å². The van der Waals surface area contributed by atoms with Crippen LogP contribution < -0.4 is 5.32 Å². The Morgan fingerprint density at radius 3 is 2.43 bits per heavy atom. The van der Waals surface area contributed by atoms with Gasteiger partial charge in [0.15, 0.2) is 5.76 Å². The lowest BCUT2D eigenvalue weighted by atomic mass is 10.00. The van der Waals surface area contributed by atoms with Crippen LogP contribution in [0.2, 0.25) is 0 Å². The van der Waals surface area contributed by atoms with Crippen molar-refractivity contribution in [2.75, 3.05) is 45.8 Å². The van der Waals surface area contributed by atoms with Crippen molar-refractivity contribution in [3.8, 4) is 0 Å². The third-order valence-corrected chi connectivity index (χ3v) is 5.94. The van der Waals surface area contributed by atoms with Crippen molar-refractivity contribution in [3.63, 3.8) is 0 Å². The van der Waals surface area contributed by atoms with E-state index in [9.17, 15) is 9.59 Å². The van der Waals surface area contributed by atoms with E-state index in [4.69, 9.17) is 4.42 Å². The molecule has 160 valence electrons. The number of hydrogen-bond donors (Lipinski definition) is 1. The van der Waals surface area contributed by atoms with E-state index >= 15 is 0 Å². The Morgan fingerprint density at radius 1 is 0.967 bits per heavy atom. The zero-order valence-electron chi connectivity index (χ0n) is 17.6. The molecular weight excluding hydrogens is 380 g/mol. The molecular formula is C23H30N4O3. The number of furan rings is 1. The summed E-state index contributed by atoms with van der Waals surface area (Å²) in [6.45, 7) is 7.69. The molecule has 1 saturated heterocycles. The normalized spacial score (nSPS) is 17.0. The molecule has 0 aliphatic carbocycles. The third kappa shape index (κ3) is 4.84. The minimum absolute atomic E-state index is 0.0417. The fourth-order valence-electron chi connectivity index (χ4n) is 4.17. The smallest absolute Gasteiger partial charge is 0.317 e. The predicted molar refractivity (Wildman–Crippen MR) is 114 cm³/mol. The van der Waals surface area contributed by atoms with Crippen molar-refractivity contribution >= 4 is 11.9 Å². The van der Waals surface area contributed by atoms with Gasteiger partial charge in [0.1, 0.15) is 5.76 Å². The molecule has 1 aromatic carbocycles. The molecule has 0 bridgehead atoms. The van der Waals surface area contributed by atoms with Crippen molar-refractivity contribution in [2.24, 2.45) is 0 Å². The van der Waals surface area contributed by atoms with Gasteiger partial charge >= 0.3 is 6.03 Å². The average Bonchev–Trinajstić information content (AvgIpc) is 3.22. The average molecular weight is 411 g/mol. The topological polar surface area (TPSA) is 69.0 Å². The Kier molecular flexibility index (Phi) is 6.38. The van der Waals surface area contributed by atoms with E-state index in [-0.39, 0.29) is 11.9 Å². The summed E-state index contributed by atoms with van der Waals surface area (Å²) in [5, 5.41) is 3.03. The first kappa shape index (κ1) is 20.5. The Labute approximate surface area is 177 Å². The highest BCUT2D eigenvalue weighted by Crippen LogP contribution is 2.18. The second-order valence-corrected chi connectivity index (χ2v) is 8.07. The molecule has 3 heterocycles. The lowest BCUT2D eigenvalue weighted by molar-refractivity contribution is 0.0633. The quantitative estimate of drug-likeness (QED) is 0.769. The van der Waals surface area contributed by atoms with Crippen molar-refractivity contribution in [2.45, 2.75) is 26.3 Å². The molecule has 0 radical (unpaired) electrons. The van der Waals surface area contributed by atoms with E-state index in [1.807, 2.05) is 6.92 Å². The zero-order valence-corrected chi connectivity index (χ0v) is 17.6. The molecule has 0 atom stereocenters. The number of hydrogen-bond acceptors (Lipinski definition) is 4. The molecule has 2 aliphatic rings. The van der Waals surface area contributed by atoms with E-state index in [2.05, 4.69) is 34.5 Å². The maximum Gasteiger partial charge on any atom is 0.317 e. The summed E-state index contributed by atoms with van der Waals surface area (Å²) < 4.78 is 5.42. The summed E-state index contributed by atoms with van der Waals surface area (Å²) >= 11 is 0. The van der Waals surface area contributed by atoms with Gasteiger partial charge in [0.2, 0.25) is 0 Å². The summed E-state index contributed by atoms with van der Waals surface area (Å²) in [5.74, 6) is 0.988. The van der Waals surface area contributed by atoms with Crippen molar-refractivity contribution in [3.05, 3.63) is 59.0 Å². The number of nitrogens with zero attached hydrogens (tertiary/aromatic N) is 3. The first-order valence-electron chi connectivity index (χ1n) is 10.8. The molecule has 1 fully saturated rings.